The van der Waals surface area contributed by atoms with Gasteiger partial charge in [0.15, 0.2) is 0 Å². The first-order valence-electron chi connectivity index (χ1n) is 5.22. The number of ether oxygens (including phenoxy) is 1. The predicted molar refractivity (Wildman–Crippen MR) is 64.1 cm³/mol. The fourth-order valence-corrected chi connectivity index (χ4v) is 1.42. The van der Waals surface area contributed by atoms with Crippen molar-refractivity contribution in [1.82, 2.24) is 0 Å². The third-order valence-electron chi connectivity index (χ3n) is 2.37. The number of hydrogen-bond acceptors (Lipinski definition) is 6. The average molecular weight is 254 g/mol. The van der Waals surface area contributed by atoms with Crippen LogP contribution in [0.25, 0.3) is 0 Å². The molecule has 0 spiro atoms. The molecule has 0 bridgehead atoms. The van der Waals surface area contributed by atoms with Gasteiger partial charge in [0.05, 0.1) is 18.6 Å². The normalized spacial score (nSPS) is 11.7. The number of carbonyl (C=O) groups excluding carboxylic acids is 1. The second-order valence-electron chi connectivity index (χ2n) is 3.66. The van der Waals surface area contributed by atoms with Crippen molar-refractivity contribution in [2.75, 3.05) is 12.4 Å². The predicted octanol–water partition coefficient (Wildman–Crippen LogP) is 1.06. The maximum atomic E-state index is 11.2. The van der Waals surface area contributed by atoms with Gasteiger partial charge in [-0.05, 0) is 18.6 Å². The van der Waals surface area contributed by atoms with Crippen molar-refractivity contribution in [2.24, 2.45) is 0 Å². The number of nitro benzene ring substituents is 1. The first-order valence-corrected chi connectivity index (χ1v) is 5.22. The smallest absolute Gasteiger partial charge is 0.327 e. The summed E-state index contributed by atoms with van der Waals surface area (Å²) >= 11 is 0. The zero-order chi connectivity index (χ0) is 13.7. The Morgan fingerprint density at radius 1 is 1.61 bits per heavy atom. The van der Waals surface area contributed by atoms with Gasteiger partial charge in [0.1, 0.15) is 11.7 Å². The lowest BCUT2D eigenvalue weighted by atomic mass is 10.1. The topological polar surface area (TPSA) is 102 Å². The number of benzene rings is 1. The summed E-state index contributed by atoms with van der Waals surface area (Å²) in [6.45, 7) is 1.25. The fraction of sp³-hybridized carbons (Fsp3) is 0.364. The molecule has 0 aliphatic rings. The van der Waals surface area contributed by atoms with E-state index in [1.807, 2.05) is 0 Å². The number of aliphatic hydroxyl groups excluding tert-OH is 1. The number of nitrogens with one attached hydrogen (secondary N) is 1. The molecule has 0 heterocycles. The van der Waals surface area contributed by atoms with Crippen LogP contribution in [0.1, 0.15) is 12.5 Å². The van der Waals surface area contributed by atoms with Gasteiger partial charge in [0.2, 0.25) is 0 Å². The molecule has 0 amide bonds. The van der Waals surface area contributed by atoms with Crippen LogP contribution in [0.3, 0.4) is 0 Å². The highest BCUT2D eigenvalue weighted by Crippen LogP contribution is 2.26. The van der Waals surface area contributed by atoms with Crippen molar-refractivity contribution < 1.29 is 19.6 Å². The number of anilines is 1. The van der Waals surface area contributed by atoms with Crippen LogP contribution in [0.2, 0.25) is 0 Å². The number of rotatable bonds is 5. The number of hydrogen-bond donors (Lipinski definition) is 2. The minimum absolute atomic E-state index is 0.197. The van der Waals surface area contributed by atoms with E-state index < -0.39 is 16.9 Å². The Morgan fingerprint density at radius 3 is 2.78 bits per heavy atom. The molecule has 0 fully saturated rings. The highest BCUT2D eigenvalue weighted by Gasteiger charge is 2.19. The lowest BCUT2D eigenvalue weighted by Gasteiger charge is -2.13. The van der Waals surface area contributed by atoms with E-state index in [0.29, 0.717) is 5.56 Å². The van der Waals surface area contributed by atoms with Gasteiger partial charge in [-0.2, -0.15) is 0 Å². The Hall–Kier alpha value is -2.15. The summed E-state index contributed by atoms with van der Waals surface area (Å²) < 4.78 is 4.52. The molecule has 0 saturated heterocycles. The van der Waals surface area contributed by atoms with Gasteiger partial charge >= 0.3 is 5.97 Å². The molecular formula is C11H14N2O5. The van der Waals surface area contributed by atoms with E-state index in [2.05, 4.69) is 10.1 Å². The molecular weight excluding hydrogens is 240 g/mol. The van der Waals surface area contributed by atoms with Crippen LogP contribution in [-0.4, -0.2) is 29.2 Å². The molecule has 18 heavy (non-hydrogen) atoms. The number of carbonyl (C=O) groups is 1. The highest BCUT2D eigenvalue weighted by molar-refractivity contribution is 5.80. The monoisotopic (exact) mass is 254 g/mol. The van der Waals surface area contributed by atoms with Crippen molar-refractivity contribution in [3.8, 4) is 0 Å². The third kappa shape index (κ3) is 3.17. The molecule has 1 rings (SSSR count). The van der Waals surface area contributed by atoms with Gasteiger partial charge in [-0.15, -0.1) is 0 Å². The largest absolute Gasteiger partial charge is 0.467 e. The van der Waals surface area contributed by atoms with E-state index in [-0.39, 0.29) is 18.0 Å². The molecule has 1 aromatic carbocycles. The van der Waals surface area contributed by atoms with Gasteiger partial charge in [-0.1, -0.05) is 6.07 Å². The second-order valence-corrected chi connectivity index (χ2v) is 3.66. The summed E-state index contributed by atoms with van der Waals surface area (Å²) in [6.07, 6.45) is 0. The first kappa shape index (κ1) is 13.9. The molecule has 0 unspecified atom stereocenters. The number of aliphatic hydroxyl groups is 1. The van der Waals surface area contributed by atoms with E-state index in [4.69, 9.17) is 5.11 Å². The summed E-state index contributed by atoms with van der Waals surface area (Å²) in [6, 6.07) is 3.54. The van der Waals surface area contributed by atoms with Crippen LogP contribution in [0.4, 0.5) is 11.4 Å². The lowest BCUT2D eigenvalue weighted by molar-refractivity contribution is -0.384. The summed E-state index contributed by atoms with van der Waals surface area (Å²) in [7, 11) is 1.24. The van der Waals surface area contributed by atoms with Gasteiger partial charge in [-0.3, -0.25) is 10.1 Å². The van der Waals surface area contributed by atoms with Gasteiger partial charge in [-0.25, -0.2) is 4.79 Å². The van der Waals surface area contributed by atoms with Crippen LogP contribution in [0.15, 0.2) is 18.2 Å². The van der Waals surface area contributed by atoms with Gasteiger partial charge in [0.25, 0.3) is 5.69 Å². The number of nitro groups is 1. The molecule has 98 valence electrons. The highest BCUT2D eigenvalue weighted by atomic mass is 16.6. The Morgan fingerprint density at radius 2 is 2.28 bits per heavy atom. The van der Waals surface area contributed by atoms with E-state index in [0.717, 1.165) is 0 Å². The zero-order valence-corrected chi connectivity index (χ0v) is 10.0. The van der Waals surface area contributed by atoms with Crippen LogP contribution < -0.4 is 5.32 Å². The minimum atomic E-state index is -0.700. The summed E-state index contributed by atoms with van der Waals surface area (Å²) in [5, 5.41) is 22.5. The number of esters is 1. The summed E-state index contributed by atoms with van der Waals surface area (Å²) in [4.78, 5) is 21.5. The van der Waals surface area contributed by atoms with Crippen molar-refractivity contribution in [2.45, 2.75) is 19.6 Å². The van der Waals surface area contributed by atoms with Crippen molar-refractivity contribution in [1.29, 1.82) is 0 Å². The van der Waals surface area contributed by atoms with Crippen molar-refractivity contribution in [3.63, 3.8) is 0 Å². The molecule has 0 radical (unpaired) electrons. The molecule has 7 heteroatoms. The first-order chi connectivity index (χ1) is 8.49. The Labute approximate surface area is 104 Å². The van der Waals surface area contributed by atoms with Crippen molar-refractivity contribution in [3.05, 3.63) is 33.9 Å². The molecule has 0 aromatic heterocycles. The van der Waals surface area contributed by atoms with E-state index in [1.165, 1.54) is 26.2 Å². The van der Waals surface area contributed by atoms with E-state index in [9.17, 15) is 14.9 Å². The maximum absolute atomic E-state index is 11.2. The minimum Gasteiger partial charge on any atom is -0.467 e. The van der Waals surface area contributed by atoms with Gasteiger partial charge in [0, 0.05) is 6.07 Å². The number of methoxy groups -OCH3 is 1. The van der Waals surface area contributed by atoms with Crippen LogP contribution in [0.5, 0.6) is 0 Å². The molecule has 0 aliphatic heterocycles. The van der Waals surface area contributed by atoms with Crippen LogP contribution in [0, 0.1) is 10.1 Å². The molecule has 7 nitrogen and oxygen atoms in total. The number of nitrogens with zero attached hydrogens (tertiary/aromatic N) is 1. The Balaban J connectivity index is 3.01. The summed E-state index contributed by atoms with van der Waals surface area (Å²) in [5.74, 6) is -0.518. The Bertz CT molecular complexity index is 461. The van der Waals surface area contributed by atoms with Crippen molar-refractivity contribution >= 4 is 17.3 Å². The van der Waals surface area contributed by atoms with Crippen LogP contribution in [-0.2, 0) is 16.1 Å². The van der Waals surface area contributed by atoms with Crippen LogP contribution >= 0.6 is 0 Å². The van der Waals surface area contributed by atoms with E-state index >= 15 is 0 Å². The lowest BCUT2D eigenvalue weighted by Crippen LogP contribution is -2.27. The Kier molecular flexibility index (Phi) is 4.61. The molecule has 1 aromatic rings. The fourth-order valence-electron chi connectivity index (χ4n) is 1.42. The molecule has 2 N–H and O–H groups in total. The average Bonchev–Trinajstić information content (AvgIpc) is 2.37. The third-order valence-corrected chi connectivity index (χ3v) is 2.37. The van der Waals surface area contributed by atoms with Gasteiger partial charge < -0.3 is 15.2 Å². The molecule has 0 aliphatic carbocycles. The van der Waals surface area contributed by atoms with E-state index in [1.54, 1.807) is 6.07 Å². The quantitative estimate of drug-likeness (QED) is 0.463. The zero-order valence-electron chi connectivity index (χ0n) is 10.0. The molecule has 0 saturated carbocycles. The molecule has 1 atom stereocenters. The summed E-state index contributed by atoms with van der Waals surface area (Å²) in [5.41, 5.74) is 0.436. The standard InChI is InChI=1S/C11H14N2O5/c1-7(11(15)18-2)12-9-4-3-8(6-14)5-10(9)13(16)17/h3-5,7,12,14H,6H2,1-2H3/t7-/m0/s1. The SMILES string of the molecule is COC(=O)[C@H](C)Nc1ccc(CO)cc1[N+](=O)[O-]. The maximum Gasteiger partial charge on any atom is 0.327 e. The second kappa shape index (κ2) is 5.97.